The van der Waals surface area contributed by atoms with E-state index in [0.29, 0.717) is 17.8 Å². The number of fused-ring (bicyclic) bond motifs is 5. The molecule has 4 aliphatic carbocycles. The van der Waals surface area contributed by atoms with Gasteiger partial charge >= 0.3 is 6.09 Å². The summed E-state index contributed by atoms with van der Waals surface area (Å²) in [6.45, 7) is 4.57. The van der Waals surface area contributed by atoms with Crippen LogP contribution in [-0.2, 0) is 9.53 Å². The molecule has 2 amide bonds. The van der Waals surface area contributed by atoms with Crippen molar-refractivity contribution in [2.75, 3.05) is 13.7 Å². The topological polar surface area (TPSA) is 114 Å². The molecule has 4 aliphatic rings. The van der Waals surface area contributed by atoms with Crippen LogP contribution in [0.25, 0.3) is 0 Å². The number of rotatable bonds is 5. The van der Waals surface area contributed by atoms with Crippen molar-refractivity contribution in [2.45, 2.75) is 89.3 Å². The van der Waals surface area contributed by atoms with E-state index in [1.165, 1.54) is 0 Å². The molecule has 204 valence electrons. The Morgan fingerprint density at radius 3 is 2.51 bits per heavy atom. The summed E-state index contributed by atoms with van der Waals surface area (Å²) in [5.41, 5.74) is 7.97. The Morgan fingerprint density at radius 1 is 1.05 bits per heavy atom. The Kier molecular flexibility index (Phi) is 7.07. The lowest BCUT2D eigenvalue weighted by atomic mass is 9.42. The molecular weight excluding hydrogens is 466 g/mol. The minimum absolute atomic E-state index is 0.00950. The number of benzene rings is 1. The lowest BCUT2D eigenvalue weighted by Crippen LogP contribution is -2.67. The Morgan fingerprint density at radius 2 is 1.81 bits per heavy atom. The molecule has 5 N–H and O–H groups in total. The number of nitrogens with two attached hydrogens (primary N) is 1. The lowest BCUT2D eigenvalue weighted by Gasteiger charge is -2.64. The number of carbonyl (C=O) groups is 2. The van der Waals surface area contributed by atoms with Gasteiger partial charge in [0.1, 0.15) is 6.10 Å². The second-order valence-corrected chi connectivity index (χ2v) is 12.8. The maximum Gasteiger partial charge on any atom is 0.407 e. The molecule has 0 bridgehead atoms. The van der Waals surface area contributed by atoms with Gasteiger partial charge in [-0.2, -0.15) is 0 Å². The molecule has 7 nitrogen and oxygen atoms in total. The highest BCUT2D eigenvalue weighted by Crippen LogP contribution is 2.68. The predicted octanol–water partition coefficient (Wildman–Crippen LogP) is 4.30. The van der Waals surface area contributed by atoms with E-state index in [9.17, 15) is 14.7 Å². The van der Waals surface area contributed by atoms with E-state index in [4.69, 9.17) is 10.5 Å². The number of aliphatic hydroxyl groups excluding tert-OH is 1. The van der Waals surface area contributed by atoms with E-state index in [-0.39, 0.29) is 40.9 Å². The summed E-state index contributed by atoms with van der Waals surface area (Å²) < 4.78 is 5.90. The van der Waals surface area contributed by atoms with Gasteiger partial charge in [0, 0.05) is 18.5 Å². The monoisotopic (exact) mass is 511 g/mol. The third kappa shape index (κ3) is 4.26. The molecule has 0 heterocycles. The second-order valence-electron chi connectivity index (χ2n) is 12.8. The van der Waals surface area contributed by atoms with E-state index in [2.05, 4.69) is 24.5 Å². The highest BCUT2D eigenvalue weighted by atomic mass is 16.6. The zero-order valence-electron chi connectivity index (χ0n) is 22.7. The maximum atomic E-state index is 12.7. The van der Waals surface area contributed by atoms with Gasteiger partial charge in [0.15, 0.2) is 0 Å². The van der Waals surface area contributed by atoms with Crippen molar-refractivity contribution in [2.24, 2.45) is 40.2 Å². The number of hydrogen-bond donors (Lipinski definition) is 4. The van der Waals surface area contributed by atoms with Gasteiger partial charge in [0.25, 0.3) is 0 Å². The Hall–Kier alpha value is -2.12. The van der Waals surface area contributed by atoms with Gasteiger partial charge in [-0.15, -0.1) is 0 Å². The zero-order chi connectivity index (χ0) is 26.4. The molecule has 0 aromatic heterocycles. The Bertz CT molecular complexity index is 1000. The smallest absolute Gasteiger partial charge is 0.407 e. The summed E-state index contributed by atoms with van der Waals surface area (Å²) in [7, 11) is 1.74. The first kappa shape index (κ1) is 26.5. The Labute approximate surface area is 221 Å². The third-order valence-corrected chi connectivity index (χ3v) is 11.5. The minimum atomic E-state index is -0.472. The van der Waals surface area contributed by atoms with Crippen LogP contribution in [0.15, 0.2) is 30.3 Å². The quantitative estimate of drug-likeness (QED) is 0.471. The van der Waals surface area contributed by atoms with Crippen molar-refractivity contribution < 1.29 is 19.4 Å². The first-order chi connectivity index (χ1) is 17.7. The van der Waals surface area contributed by atoms with Crippen molar-refractivity contribution in [1.29, 1.82) is 0 Å². The number of amides is 2. The summed E-state index contributed by atoms with van der Waals surface area (Å²) in [5.74, 6) is 1.67. The summed E-state index contributed by atoms with van der Waals surface area (Å²) in [5, 5.41) is 15.5. The average Bonchev–Trinajstić information content (AvgIpc) is 3.18. The first-order valence-electron chi connectivity index (χ1n) is 14.3. The lowest BCUT2D eigenvalue weighted by molar-refractivity contribution is -0.146. The molecule has 0 spiro atoms. The second kappa shape index (κ2) is 9.88. The van der Waals surface area contributed by atoms with Crippen molar-refractivity contribution in [3.8, 4) is 0 Å². The fourth-order valence-electron chi connectivity index (χ4n) is 9.24. The molecule has 7 heteroatoms. The average molecular weight is 512 g/mol. The molecular formula is C30H45N3O4. The summed E-state index contributed by atoms with van der Waals surface area (Å²) in [6.07, 6.45) is 8.37. The summed E-state index contributed by atoms with van der Waals surface area (Å²) >= 11 is 0. The number of hydrogen-bond acceptors (Lipinski definition) is 5. The van der Waals surface area contributed by atoms with Crippen LogP contribution in [0, 0.1) is 34.5 Å². The van der Waals surface area contributed by atoms with Gasteiger partial charge in [-0.1, -0.05) is 44.2 Å². The third-order valence-electron chi connectivity index (χ3n) is 11.5. The molecule has 1 aromatic carbocycles. The first-order valence-corrected chi connectivity index (χ1v) is 14.3. The SMILES string of the molecule is CNC(=O)[C@H]1CC[C@]2(N)[C@@H]3CC[C@@H]4C[C@@H](OC(=O)NC(CO)c5ccccc5)CC[C@]4(C)[C@H]3CC[C@]12C. The normalized spacial score (nSPS) is 41.5. The highest BCUT2D eigenvalue weighted by molar-refractivity contribution is 5.80. The number of carbonyl (C=O) groups excluding carboxylic acids is 2. The molecule has 1 unspecified atom stereocenters. The fourth-order valence-corrected chi connectivity index (χ4v) is 9.24. The van der Waals surface area contributed by atoms with Crippen LogP contribution < -0.4 is 16.4 Å². The largest absolute Gasteiger partial charge is 0.446 e. The molecule has 0 radical (unpaired) electrons. The zero-order valence-corrected chi connectivity index (χ0v) is 22.7. The summed E-state index contributed by atoms with van der Waals surface area (Å²) in [6, 6.07) is 9.02. The van der Waals surface area contributed by atoms with Gasteiger partial charge in [0.2, 0.25) is 5.91 Å². The van der Waals surface area contributed by atoms with Crippen LogP contribution in [0.4, 0.5) is 4.79 Å². The molecule has 0 saturated heterocycles. The predicted molar refractivity (Wildman–Crippen MR) is 142 cm³/mol. The van der Waals surface area contributed by atoms with E-state index in [1.807, 2.05) is 30.3 Å². The highest BCUT2D eigenvalue weighted by Gasteiger charge is 2.67. The standard InChI is InChI=1S/C30H45N3O4/c1-28-14-11-21(37-27(36)33-25(18-34)19-7-5-4-6-8-19)17-20(28)9-10-23-22(28)12-15-29(2)24(26(35)32-3)13-16-30(23,29)31/h4-8,20-25,34H,9-18,31H2,1-3H3,(H,32,35)(H,33,36)/t20-,21+,22+,23-,24-,25?,28+,29-,30+/m1/s1. The number of alkyl carbamates (subject to hydrolysis) is 1. The van der Waals surface area contributed by atoms with Gasteiger partial charge in [0.05, 0.1) is 12.6 Å². The van der Waals surface area contributed by atoms with Gasteiger partial charge in [-0.25, -0.2) is 4.79 Å². The number of aliphatic hydroxyl groups is 1. The van der Waals surface area contributed by atoms with Crippen LogP contribution in [0.2, 0.25) is 0 Å². The fraction of sp³-hybridized carbons (Fsp3) is 0.733. The minimum Gasteiger partial charge on any atom is -0.446 e. The maximum absolute atomic E-state index is 12.7. The van der Waals surface area contributed by atoms with Crippen LogP contribution in [-0.4, -0.2) is 42.4 Å². The van der Waals surface area contributed by atoms with Crippen molar-refractivity contribution in [3.63, 3.8) is 0 Å². The summed E-state index contributed by atoms with van der Waals surface area (Å²) in [4.78, 5) is 25.5. The van der Waals surface area contributed by atoms with E-state index < -0.39 is 12.1 Å². The number of nitrogens with one attached hydrogen (secondary N) is 2. The van der Waals surface area contributed by atoms with Gasteiger partial charge in [-0.3, -0.25) is 4.79 Å². The number of ether oxygens (including phenoxy) is 1. The van der Waals surface area contributed by atoms with Crippen LogP contribution in [0.5, 0.6) is 0 Å². The van der Waals surface area contributed by atoms with Crippen molar-refractivity contribution in [1.82, 2.24) is 10.6 Å². The van der Waals surface area contributed by atoms with E-state index in [1.54, 1.807) is 7.05 Å². The van der Waals surface area contributed by atoms with Crippen molar-refractivity contribution in [3.05, 3.63) is 35.9 Å². The van der Waals surface area contributed by atoms with Crippen molar-refractivity contribution >= 4 is 12.0 Å². The molecule has 0 aliphatic heterocycles. The van der Waals surface area contributed by atoms with Crippen LogP contribution in [0.3, 0.4) is 0 Å². The Balaban J connectivity index is 1.24. The van der Waals surface area contributed by atoms with Crippen LogP contribution in [0.1, 0.15) is 83.2 Å². The van der Waals surface area contributed by atoms with Crippen LogP contribution >= 0.6 is 0 Å². The molecule has 1 aromatic rings. The van der Waals surface area contributed by atoms with E-state index in [0.717, 1.165) is 63.4 Å². The molecule has 4 fully saturated rings. The van der Waals surface area contributed by atoms with E-state index >= 15 is 0 Å². The molecule has 5 rings (SSSR count). The van der Waals surface area contributed by atoms with Gasteiger partial charge < -0.3 is 26.2 Å². The van der Waals surface area contributed by atoms with Gasteiger partial charge in [-0.05, 0) is 91.9 Å². The molecule has 37 heavy (non-hydrogen) atoms. The molecule has 9 atom stereocenters. The molecule has 4 saturated carbocycles.